The van der Waals surface area contributed by atoms with Crippen molar-refractivity contribution in [1.29, 1.82) is 0 Å². The minimum Gasteiger partial charge on any atom is -0.361 e. The number of thiazole rings is 1. The summed E-state index contributed by atoms with van der Waals surface area (Å²) in [5.74, 6) is 1.69. The molecule has 2 aromatic heterocycles. The first-order valence-corrected chi connectivity index (χ1v) is 10.6. The quantitative estimate of drug-likeness (QED) is 0.251. The first-order chi connectivity index (χ1) is 13.7. The second kappa shape index (κ2) is 11.9. The number of aliphatic imine (C=N–C) groups is 1. The predicted molar refractivity (Wildman–Crippen MR) is 130 cm³/mol. The van der Waals surface area contributed by atoms with Crippen LogP contribution in [-0.2, 0) is 25.9 Å². The maximum atomic E-state index is 5.43. The molecule has 29 heavy (non-hydrogen) atoms. The average molecular weight is 525 g/mol. The van der Waals surface area contributed by atoms with Gasteiger partial charge in [-0.3, -0.25) is 0 Å². The molecule has 0 aliphatic rings. The molecule has 0 aliphatic heterocycles. The van der Waals surface area contributed by atoms with Crippen LogP contribution in [0.4, 0.5) is 0 Å². The Kier molecular flexibility index (Phi) is 9.59. The van der Waals surface area contributed by atoms with Gasteiger partial charge in [-0.1, -0.05) is 49.3 Å². The maximum absolute atomic E-state index is 5.43. The molecular formula is C21H28IN5OS. The van der Waals surface area contributed by atoms with Crippen LogP contribution in [0.3, 0.4) is 0 Å². The van der Waals surface area contributed by atoms with Crippen molar-refractivity contribution >= 4 is 41.3 Å². The molecule has 2 N–H and O–H groups in total. The third-order valence-corrected chi connectivity index (χ3v) is 5.30. The molecule has 1 aromatic carbocycles. The average Bonchev–Trinajstić information content (AvgIpc) is 3.37. The van der Waals surface area contributed by atoms with E-state index in [1.54, 1.807) is 11.3 Å². The molecule has 3 aromatic rings. The van der Waals surface area contributed by atoms with E-state index in [0.717, 1.165) is 58.6 Å². The van der Waals surface area contributed by atoms with Gasteiger partial charge < -0.3 is 15.2 Å². The van der Waals surface area contributed by atoms with Crippen molar-refractivity contribution in [2.24, 2.45) is 4.99 Å². The summed E-state index contributed by atoms with van der Waals surface area (Å²) in [6.07, 6.45) is 1.67. The standard InChI is InChI=1S/C21H27N5OS.HI/c1-4-18-17(19(5-2)27-26-18)13-24-21(22-6-3)23-12-16-14-28-20(25-16)15-10-8-7-9-11-15;/h7-11,14H,4-6,12-13H2,1-3H3,(H2,22,23,24);1H. The summed E-state index contributed by atoms with van der Waals surface area (Å²) in [6.45, 7) is 8.19. The Morgan fingerprint density at radius 1 is 1.10 bits per heavy atom. The van der Waals surface area contributed by atoms with Gasteiger partial charge in [0.25, 0.3) is 0 Å². The summed E-state index contributed by atoms with van der Waals surface area (Å²) < 4.78 is 5.43. The molecule has 6 nitrogen and oxygen atoms in total. The molecule has 0 unspecified atom stereocenters. The number of aryl methyl sites for hydroxylation is 2. The molecule has 0 fully saturated rings. The van der Waals surface area contributed by atoms with Crippen molar-refractivity contribution in [3.05, 3.63) is 58.4 Å². The Morgan fingerprint density at radius 3 is 2.59 bits per heavy atom. The van der Waals surface area contributed by atoms with Gasteiger partial charge in [-0.05, 0) is 13.3 Å². The summed E-state index contributed by atoms with van der Waals surface area (Å²) in [6, 6.07) is 10.2. The van der Waals surface area contributed by atoms with Gasteiger partial charge in [-0.15, -0.1) is 35.3 Å². The van der Waals surface area contributed by atoms with E-state index in [4.69, 9.17) is 14.5 Å². The van der Waals surface area contributed by atoms with Gasteiger partial charge in [-0.2, -0.15) is 0 Å². The van der Waals surface area contributed by atoms with Crippen LogP contribution in [0.5, 0.6) is 0 Å². The number of halogens is 1. The SMILES string of the molecule is CCNC(=NCc1c(CC)noc1CC)NCc1csc(-c2ccccc2)n1.I. The van der Waals surface area contributed by atoms with E-state index in [-0.39, 0.29) is 24.0 Å². The van der Waals surface area contributed by atoms with E-state index in [0.29, 0.717) is 13.1 Å². The summed E-state index contributed by atoms with van der Waals surface area (Å²) >= 11 is 1.66. The molecule has 0 aliphatic carbocycles. The highest BCUT2D eigenvalue weighted by atomic mass is 127. The van der Waals surface area contributed by atoms with Gasteiger partial charge in [-0.25, -0.2) is 9.98 Å². The summed E-state index contributed by atoms with van der Waals surface area (Å²) in [4.78, 5) is 9.45. The number of benzene rings is 1. The first-order valence-electron chi connectivity index (χ1n) is 9.73. The Morgan fingerprint density at radius 2 is 1.90 bits per heavy atom. The summed E-state index contributed by atoms with van der Waals surface area (Å²) in [5, 5.41) is 13.9. The van der Waals surface area contributed by atoms with Crippen molar-refractivity contribution in [3.8, 4) is 10.6 Å². The van der Waals surface area contributed by atoms with Crippen molar-refractivity contribution in [2.45, 2.75) is 46.7 Å². The van der Waals surface area contributed by atoms with Crippen LogP contribution in [0.2, 0.25) is 0 Å². The molecule has 0 saturated carbocycles. The number of aromatic nitrogens is 2. The Hall–Kier alpha value is -1.94. The van der Waals surface area contributed by atoms with E-state index in [1.165, 1.54) is 0 Å². The molecule has 156 valence electrons. The largest absolute Gasteiger partial charge is 0.361 e. The van der Waals surface area contributed by atoms with E-state index in [1.807, 2.05) is 18.2 Å². The third-order valence-electron chi connectivity index (χ3n) is 4.36. The topological polar surface area (TPSA) is 75.3 Å². The molecule has 0 spiro atoms. The van der Waals surface area contributed by atoms with Crippen LogP contribution in [0, 0.1) is 0 Å². The Labute approximate surface area is 193 Å². The van der Waals surface area contributed by atoms with Crippen molar-refractivity contribution < 1.29 is 4.52 Å². The molecule has 0 radical (unpaired) electrons. The summed E-state index contributed by atoms with van der Waals surface area (Å²) in [5.41, 5.74) is 4.24. The molecular weight excluding hydrogens is 497 g/mol. The van der Waals surface area contributed by atoms with Gasteiger partial charge in [0.2, 0.25) is 0 Å². The smallest absolute Gasteiger partial charge is 0.191 e. The highest BCUT2D eigenvalue weighted by molar-refractivity contribution is 14.0. The maximum Gasteiger partial charge on any atom is 0.191 e. The molecule has 0 bridgehead atoms. The number of rotatable bonds is 8. The van der Waals surface area contributed by atoms with Gasteiger partial charge in [0.15, 0.2) is 5.96 Å². The van der Waals surface area contributed by atoms with E-state index >= 15 is 0 Å². The van der Waals surface area contributed by atoms with E-state index in [9.17, 15) is 0 Å². The zero-order chi connectivity index (χ0) is 19.8. The lowest BCUT2D eigenvalue weighted by molar-refractivity contribution is 0.380. The van der Waals surface area contributed by atoms with Crippen molar-refractivity contribution in [1.82, 2.24) is 20.8 Å². The van der Waals surface area contributed by atoms with Gasteiger partial charge in [0.05, 0.1) is 24.5 Å². The minimum absolute atomic E-state index is 0. The first kappa shape index (κ1) is 23.3. The van der Waals surface area contributed by atoms with Crippen molar-refractivity contribution in [3.63, 3.8) is 0 Å². The van der Waals surface area contributed by atoms with Gasteiger partial charge in [0, 0.05) is 29.5 Å². The zero-order valence-electron chi connectivity index (χ0n) is 17.1. The lowest BCUT2D eigenvalue weighted by Crippen LogP contribution is -2.36. The van der Waals surface area contributed by atoms with Gasteiger partial charge in [0.1, 0.15) is 10.8 Å². The number of hydrogen-bond acceptors (Lipinski definition) is 5. The van der Waals surface area contributed by atoms with E-state index < -0.39 is 0 Å². The molecule has 0 saturated heterocycles. The fraction of sp³-hybridized carbons (Fsp3) is 0.381. The Bertz CT molecular complexity index is 885. The van der Waals surface area contributed by atoms with Gasteiger partial charge >= 0.3 is 0 Å². The molecule has 2 heterocycles. The second-order valence-electron chi connectivity index (χ2n) is 6.30. The Balaban J connectivity index is 0.00000300. The minimum atomic E-state index is 0. The third kappa shape index (κ3) is 6.27. The highest BCUT2D eigenvalue weighted by Gasteiger charge is 2.13. The number of nitrogens with zero attached hydrogens (tertiary/aromatic N) is 3. The molecule has 0 amide bonds. The highest BCUT2D eigenvalue weighted by Crippen LogP contribution is 2.23. The normalized spacial score (nSPS) is 11.2. The van der Waals surface area contributed by atoms with Crippen LogP contribution in [-0.4, -0.2) is 22.6 Å². The number of guanidine groups is 1. The number of nitrogens with one attached hydrogen (secondary N) is 2. The van der Waals surface area contributed by atoms with Crippen LogP contribution >= 0.6 is 35.3 Å². The fourth-order valence-corrected chi connectivity index (χ4v) is 3.72. The summed E-state index contributed by atoms with van der Waals surface area (Å²) in [7, 11) is 0. The van der Waals surface area contributed by atoms with Crippen molar-refractivity contribution in [2.75, 3.05) is 6.54 Å². The number of hydrogen-bond donors (Lipinski definition) is 2. The van der Waals surface area contributed by atoms with E-state index in [2.05, 4.69) is 54.1 Å². The molecule has 8 heteroatoms. The van der Waals surface area contributed by atoms with Crippen LogP contribution in [0.15, 0.2) is 45.2 Å². The van der Waals surface area contributed by atoms with Crippen LogP contribution in [0.25, 0.3) is 10.6 Å². The fourth-order valence-electron chi connectivity index (χ4n) is 2.89. The monoisotopic (exact) mass is 525 g/mol. The van der Waals surface area contributed by atoms with Crippen LogP contribution < -0.4 is 10.6 Å². The lowest BCUT2D eigenvalue weighted by atomic mass is 10.1. The molecule has 3 rings (SSSR count). The zero-order valence-corrected chi connectivity index (χ0v) is 20.2. The van der Waals surface area contributed by atoms with Crippen LogP contribution in [0.1, 0.15) is 43.5 Å². The second-order valence-corrected chi connectivity index (χ2v) is 7.15. The molecule has 0 atom stereocenters. The lowest BCUT2D eigenvalue weighted by Gasteiger charge is -2.10. The predicted octanol–water partition coefficient (Wildman–Crippen LogP) is 4.80.